The summed E-state index contributed by atoms with van der Waals surface area (Å²) in [6, 6.07) is 4.80. The summed E-state index contributed by atoms with van der Waals surface area (Å²) in [4.78, 5) is 0. The minimum absolute atomic E-state index is 0.332. The lowest BCUT2D eigenvalue weighted by Gasteiger charge is -2.08. The Bertz CT molecular complexity index is 336. The molecule has 0 spiro atoms. The normalized spacial score (nSPS) is 9.93. The van der Waals surface area contributed by atoms with Gasteiger partial charge in [-0.1, -0.05) is 12.6 Å². The van der Waals surface area contributed by atoms with E-state index in [-0.39, 0.29) is 5.82 Å². The topological polar surface area (TPSA) is 35.2 Å². The van der Waals surface area contributed by atoms with E-state index in [1.54, 1.807) is 12.1 Å². The Labute approximate surface area is 83.2 Å². The van der Waals surface area contributed by atoms with Crippen molar-refractivity contribution in [1.29, 1.82) is 0 Å². The number of hydrogen-bond acceptors (Lipinski definition) is 2. The monoisotopic (exact) mass is 195 g/mol. The Hall–Kier alpha value is -1.35. The van der Waals surface area contributed by atoms with Crippen LogP contribution >= 0.6 is 0 Å². The summed E-state index contributed by atoms with van der Waals surface area (Å²) in [5, 5.41) is 0. The summed E-state index contributed by atoms with van der Waals surface area (Å²) in [5.74, 6) is 0.0139. The molecule has 0 amide bonds. The smallest absolute Gasteiger partial charge is 0.134 e. The quantitative estimate of drug-likeness (QED) is 0.748. The lowest BCUT2D eigenvalue weighted by Crippen LogP contribution is -1.99. The van der Waals surface area contributed by atoms with Crippen LogP contribution in [0.4, 0.5) is 4.39 Å². The van der Waals surface area contributed by atoms with Crippen LogP contribution in [0.25, 0.3) is 5.76 Å². The molecule has 2 nitrogen and oxygen atoms in total. The molecule has 0 aliphatic rings. The molecule has 0 saturated carbocycles. The number of ether oxygens (including phenoxy) is 1. The fourth-order valence-electron chi connectivity index (χ4n) is 1.16. The van der Waals surface area contributed by atoms with E-state index in [1.807, 2.05) is 6.92 Å². The van der Waals surface area contributed by atoms with Crippen molar-refractivity contribution in [3.8, 4) is 0 Å². The van der Waals surface area contributed by atoms with Crippen LogP contribution < -0.4 is 5.73 Å². The van der Waals surface area contributed by atoms with Crippen LogP contribution in [0.3, 0.4) is 0 Å². The molecule has 0 heterocycles. The summed E-state index contributed by atoms with van der Waals surface area (Å²) in [6.07, 6.45) is 0. The van der Waals surface area contributed by atoms with E-state index in [0.29, 0.717) is 24.5 Å². The molecule has 76 valence electrons. The molecule has 0 saturated heterocycles. The summed E-state index contributed by atoms with van der Waals surface area (Å²) < 4.78 is 18.5. The molecule has 0 radical (unpaired) electrons. The summed E-state index contributed by atoms with van der Waals surface area (Å²) >= 11 is 0. The molecular weight excluding hydrogens is 181 g/mol. The first-order valence-corrected chi connectivity index (χ1v) is 4.49. The van der Waals surface area contributed by atoms with E-state index < -0.39 is 0 Å². The molecule has 3 heteroatoms. The first-order chi connectivity index (χ1) is 6.69. The minimum atomic E-state index is -0.341. The molecule has 0 aliphatic heterocycles. The summed E-state index contributed by atoms with van der Waals surface area (Å²) in [5.41, 5.74) is 6.54. The van der Waals surface area contributed by atoms with Crippen molar-refractivity contribution < 1.29 is 9.13 Å². The molecule has 0 unspecified atom stereocenters. The van der Waals surface area contributed by atoms with Gasteiger partial charge in [-0.3, -0.25) is 0 Å². The van der Waals surface area contributed by atoms with Crippen molar-refractivity contribution in [3.05, 3.63) is 41.7 Å². The highest BCUT2D eigenvalue weighted by Crippen LogP contribution is 2.18. The van der Waals surface area contributed by atoms with Gasteiger partial charge in [-0.25, -0.2) is 4.39 Å². The van der Waals surface area contributed by atoms with E-state index in [4.69, 9.17) is 10.5 Å². The largest absolute Gasteiger partial charge is 0.494 e. The van der Waals surface area contributed by atoms with Gasteiger partial charge < -0.3 is 10.5 Å². The highest BCUT2D eigenvalue weighted by Gasteiger charge is 2.06. The second-order valence-corrected chi connectivity index (χ2v) is 2.87. The molecule has 0 fully saturated rings. The van der Waals surface area contributed by atoms with Crippen LogP contribution in [-0.4, -0.2) is 6.61 Å². The van der Waals surface area contributed by atoms with E-state index in [2.05, 4.69) is 6.58 Å². The standard InChI is InChI=1S/C11H14FNO/c1-3-14-8(2)10-5-4-9(7-13)6-11(10)12/h4-6H,2-3,7,13H2,1H3. The lowest BCUT2D eigenvalue weighted by atomic mass is 10.1. The third-order valence-corrected chi connectivity index (χ3v) is 1.89. The van der Waals surface area contributed by atoms with E-state index in [0.717, 1.165) is 5.56 Å². The van der Waals surface area contributed by atoms with Crippen LogP contribution in [0.2, 0.25) is 0 Å². The van der Waals surface area contributed by atoms with Gasteiger partial charge in [0.15, 0.2) is 0 Å². The lowest BCUT2D eigenvalue weighted by molar-refractivity contribution is 0.297. The van der Waals surface area contributed by atoms with Crippen molar-refractivity contribution in [2.45, 2.75) is 13.5 Å². The van der Waals surface area contributed by atoms with E-state index in [1.165, 1.54) is 6.07 Å². The van der Waals surface area contributed by atoms with Gasteiger partial charge in [0, 0.05) is 6.54 Å². The maximum Gasteiger partial charge on any atom is 0.134 e. The average Bonchev–Trinajstić information content (AvgIpc) is 2.17. The fourth-order valence-corrected chi connectivity index (χ4v) is 1.16. The Morgan fingerprint density at radius 3 is 2.79 bits per heavy atom. The highest BCUT2D eigenvalue weighted by atomic mass is 19.1. The highest BCUT2D eigenvalue weighted by molar-refractivity contribution is 5.58. The van der Waals surface area contributed by atoms with Crippen LogP contribution in [0, 0.1) is 5.82 Å². The molecule has 2 N–H and O–H groups in total. The van der Waals surface area contributed by atoms with Gasteiger partial charge in [0.25, 0.3) is 0 Å². The van der Waals surface area contributed by atoms with Crippen LogP contribution in [-0.2, 0) is 11.3 Å². The first kappa shape index (κ1) is 10.7. The molecular formula is C11H14FNO. The van der Waals surface area contributed by atoms with Crippen molar-refractivity contribution in [2.24, 2.45) is 5.73 Å². The van der Waals surface area contributed by atoms with E-state index in [9.17, 15) is 4.39 Å². The van der Waals surface area contributed by atoms with Gasteiger partial charge in [0.1, 0.15) is 11.6 Å². The predicted octanol–water partition coefficient (Wildman–Crippen LogP) is 2.29. The molecule has 1 aromatic carbocycles. The SMILES string of the molecule is C=C(OCC)c1ccc(CN)cc1F. The van der Waals surface area contributed by atoms with Gasteiger partial charge in [-0.05, 0) is 24.6 Å². The van der Waals surface area contributed by atoms with Gasteiger partial charge >= 0.3 is 0 Å². The van der Waals surface area contributed by atoms with Crippen molar-refractivity contribution in [2.75, 3.05) is 6.61 Å². The second kappa shape index (κ2) is 4.77. The van der Waals surface area contributed by atoms with Gasteiger partial charge in [-0.15, -0.1) is 0 Å². The molecule has 1 aromatic rings. The van der Waals surface area contributed by atoms with Crippen LogP contribution in [0.5, 0.6) is 0 Å². The Kier molecular flexibility index (Phi) is 3.65. The van der Waals surface area contributed by atoms with E-state index >= 15 is 0 Å². The molecule has 14 heavy (non-hydrogen) atoms. The zero-order valence-corrected chi connectivity index (χ0v) is 8.22. The number of nitrogens with two attached hydrogens (primary N) is 1. The Morgan fingerprint density at radius 2 is 2.29 bits per heavy atom. The predicted molar refractivity (Wildman–Crippen MR) is 55.0 cm³/mol. The molecule has 0 aromatic heterocycles. The van der Waals surface area contributed by atoms with Gasteiger partial charge in [-0.2, -0.15) is 0 Å². The molecule has 0 atom stereocenters. The molecule has 0 bridgehead atoms. The van der Waals surface area contributed by atoms with Gasteiger partial charge in [0.05, 0.1) is 12.2 Å². The second-order valence-electron chi connectivity index (χ2n) is 2.87. The number of halogens is 1. The zero-order chi connectivity index (χ0) is 10.6. The fraction of sp³-hybridized carbons (Fsp3) is 0.273. The Balaban J connectivity index is 2.94. The first-order valence-electron chi connectivity index (χ1n) is 4.49. The van der Waals surface area contributed by atoms with Crippen molar-refractivity contribution >= 4 is 5.76 Å². The van der Waals surface area contributed by atoms with Crippen molar-refractivity contribution in [3.63, 3.8) is 0 Å². The molecule has 0 aliphatic carbocycles. The Morgan fingerprint density at radius 1 is 1.57 bits per heavy atom. The maximum atomic E-state index is 13.4. The minimum Gasteiger partial charge on any atom is -0.494 e. The third-order valence-electron chi connectivity index (χ3n) is 1.89. The molecule has 1 rings (SSSR count). The zero-order valence-electron chi connectivity index (χ0n) is 8.22. The average molecular weight is 195 g/mol. The number of rotatable bonds is 4. The van der Waals surface area contributed by atoms with Crippen LogP contribution in [0.1, 0.15) is 18.1 Å². The van der Waals surface area contributed by atoms with Crippen molar-refractivity contribution in [1.82, 2.24) is 0 Å². The third kappa shape index (κ3) is 2.33. The van der Waals surface area contributed by atoms with Crippen LogP contribution in [0.15, 0.2) is 24.8 Å². The summed E-state index contributed by atoms with van der Waals surface area (Å²) in [7, 11) is 0. The van der Waals surface area contributed by atoms with Gasteiger partial charge in [0.2, 0.25) is 0 Å². The number of benzene rings is 1. The summed E-state index contributed by atoms with van der Waals surface area (Å²) in [6.45, 7) is 6.28. The number of hydrogen-bond donors (Lipinski definition) is 1. The maximum absolute atomic E-state index is 13.4.